The Morgan fingerprint density at radius 1 is 0.950 bits per heavy atom. The van der Waals surface area contributed by atoms with Gasteiger partial charge in [-0.15, -0.1) is 0 Å². The molecular formula is C33H42N2O5. The van der Waals surface area contributed by atoms with E-state index in [4.69, 9.17) is 18.9 Å². The van der Waals surface area contributed by atoms with E-state index in [0.717, 1.165) is 42.9 Å². The van der Waals surface area contributed by atoms with Crippen molar-refractivity contribution in [3.63, 3.8) is 0 Å². The summed E-state index contributed by atoms with van der Waals surface area (Å²) in [6, 6.07) is 20.0. The van der Waals surface area contributed by atoms with E-state index in [1.807, 2.05) is 36.4 Å². The van der Waals surface area contributed by atoms with Gasteiger partial charge in [-0.05, 0) is 71.5 Å². The van der Waals surface area contributed by atoms with Crippen molar-refractivity contribution in [3.8, 4) is 17.2 Å². The van der Waals surface area contributed by atoms with Crippen LogP contribution in [0, 0.1) is 5.92 Å². The van der Waals surface area contributed by atoms with E-state index in [2.05, 4.69) is 48.3 Å². The third-order valence-electron chi connectivity index (χ3n) is 7.08. The normalized spacial score (nSPS) is 14.5. The highest BCUT2D eigenvalue weighted by Gasteiger charge is 2.14. The Kier molecular flexibility index (Phi) is 10.8. The van der Waals surface area contributed by atoms with E-state index in [-0.39, 0.29) is 5.91 Å². The molecule has 214 valence electrons. The Bertz CT molecular complexity index is 1260. The first-order valence-corrected chi connectivity index (χ1v) is 14.1. The van der Waals surface area contributed by atoms with Crippen LogP contribution < -0.4 is 19.5 Å². The van der Waals surface area contributed by atoms with E-state index in [9.17, 15) is 4.79 Å². The zero-order valence-corrected chi connectivity index (χ0v) is 24.2. The summed E-state index contributed by atoms with van der Waals surface area (Å²) in [7, 11) is 3.20. The number of benzene rings is 3. The van der Waals surface area contributed by atoms with Gasteiger partial charge in [0.25, 0.3) is 5.91 Å². The lowest BCUT2D eigenvalue weighted by Gasteiger charge is -2.24. The van der Waals surface area contributed by atoms with E-state index < -0.39 is 0 Å². The van der Waals surface area contributed by atoms with Crippen molar-refractivity contribution < 1.29 is 23.7 Å². The lowest BCUT2D eigenvalue weighted by atomic mass is 9.99. The molecule has 1 aliphatic heterocycles. The molecule has 4 rings (SSSR count). The molecule has 1 heterocycles. The molecule has 2 bridgehead atoms. The Labute approximate surface area is 238 Å². The second kappa shape index (κ2) is 14.7. The molecule has 3 aromatic carbocycles. The summed E-state index contributed by atoms with van der Waals surface area (Å²) in [6.07, 6.45) is 1.83. The molecule has 1 amide bonds. The molecule has 1 N–H and O–H groups in total. The summed E-state index contributed by atoms with van der Waals surface area (Å²) in [5, 5.41) is 3.02. The van der Waals surface area contributed by atoms with E-state index in [0.29, 0.717) is 55.8 Å². The zero-order chi connectivity index (χ0) is 28.3. The van der Waals surface area contributed by atoms with Gasteiger partial charge >= 0.3 is 0 Å². The van der Waals surface area contributed by atoms with Crippen LogP contribution in [-0.4, -0.2) is 57.9 Å². The molecule has 0 radical (unpaired) electrons. The molecule has 40 heavy (non-hydrogen) atoms. The maximum Gasteiger partial charge on any atom is 0.251 e. The molecule has 7 nitrogen and oxygen atoms in total. The Hall–Kier alpha value is -3.55. The molecule has 0 aromatic heterocycles. The fourth-order valence-electron chi connectivity index (χ4n) is 4.81. The average Bonchev–Trinajstić information content (AvgIpc) is 2.96. The number of rotatable bonds is 8. The highest BCUT2D eigenvalue weighted by Crippen LogP contribution is 2.28. The number of nitrogens with one attached hydrogen (secondary N) is 1. The molecule has 0 fully saturated rings. The van der Waals surface area contributed by atoms with Crippen LogP contribution in [0.1, 0.15) is 52.9 Å². The fraction of sp³-hybridized carbons (Fsp3) is 0.424. The van der Waals surface area contributed by atoms with Gasteiger partial charge in [0.1, 0.15) is 12.4 Å². The second-order valence-corrected chi connectivity index (χ2v) is 10.6. The SMILES string of the molecule is COc1ccc(CNC(=O)c2ccc3c(c2)Cc2cccc(c2)CN(CCC(C)C)CCOCCO3)cc1OC. The molecule has 0 atom stereocenters. The van der Waals surface area contributed by atoms with Crippen molar-refractivity contribution in [3.05, 3.63) is 88.5 Å². The van der Waals surface area contributed by atoms with Crippen LogP contribution in [0.4, 0.5) is 0 Å². The summed E-state index contributed by atoms with van der Waals surface area (Å²) in [5.74, 6) is 2.58. The molecule has 1 aliphatic rings. The highest BCUT2D eigenvalue weighted by molar-refractivity contribution is 5.94. The summed E-state index contributed by atoms with van der Waals surface area (Å²) in [5.41, 5.74) is 4.97. The number of carbonyl (C=O) groups is 1. The number of hydrogen-bond donors (Lipinski definition) is 1. The third kappa shape index (κ3) is 8.47. The molecule has 0 saturated heterocycles. The number of nitrogens with zero attached hydrogens (tertiary/aromatic N) is 1. The lowest BCUT2D eigenvalue weighted by molar-refractivity contribution is 0.0764. The van der Waals surface area contributed by atoms with Crippen molar-refractivity contribution in [2.75, 3.05) is 47.1 Å². The van der Waals surface area contributed by atoms with Crippen LogP contribution >= 0.6 is 0 Å². The first-order chi connectivity index (χ1) is 19.4. The molecule has 3 aromatic rings. The minimum atomic E-state index is -0.144. The summed E-state index contributed by atoms with van der Waals surface area (Å²) in [6.45, 7) is 9.40. The molecule has 0 spiro atoms. The minimum Gasteiger partial charge on any atom is -0.493 e. The number of hydrogen-bond acceptors (Lipinski definition) is 6. The van der Waals surface area contributed by atoms with Gasteiger partial charge < -0.3 is 24.3 Å². The van der Waals surface area contributed by atoms with Gasteiger partial charge in [0.2, 0.25) is 0 Å². The number of ether oxygens (including phenoxy) is 4. The molecule has 0 saturated carbocycles. The first kappa shape index (κ1) is 29.4. The van der Waals surface area contributed by atoms with Crippen LogP contribution in [0.5, 0.6) is 17.2 Å². The van der Waals surface area contributed by atoms with Gasteiger partial charge in [-0.3, -0.25) is 9.69 Å². The van der Waals surface area contributed by atoms with Gasteiger partial charge in [-0.25, -0.2) is 0 Å². The van der Waals surface area contributed by atoms with Crippen molar-refractivity contribution in [1.29, 1.82) is 0 Å². The lowest BCUT2D eigenvalue weighted by Crippen LogP contribution is -2.29. The quantitative estimate of drug-likeness (QED) is 0.404. The fourth-order valence-corrected chi connectivity index (χ4v) is 4.81. The number of methoxy groups -OCH3 is 2. The number of amides is 1. The van der Waals surface area contributed by atoms with Crippen LogP contribution in [0.2, 0.25) is 0 Å². The summed E-state index contributed by atoms with van der Waals surface area (Å²) in [4.78, 5) is 15.6. The molecule has 0 aliphatic carbocycles. The van der Waals surface area contributed by atoms with Crippen LogP contribution in [-0.2, 0) is 24.2 Å². The van der Waals surface area contributed by atoms with Gasteiger partial charge in [0, 0.05) is 31.6 Å². The van der Waals surface area contributed by atoms with Gasteiger partial charge in [0.15, 0.2) is 11.5 Å². The summed E-state index contributed by atoms with van der Waals surface area (Å²) >= 11 is 0. The van der Waals surface area contributed by atoms with Crippen molar-refractivity contribution in [1.82, 2.24) is 10.2 Å². The maximum absolute atomic E-state index is 13.1. The van der Waals surface area contributed by atoms with Crippen molar-refractivity contribution in [2.24, 2.45) is 5.92 Å². The predicted octanol–water partition coefficient (Wildman–Crippen LogP) is 5.48. The Balaban J connectivity index is 1.51. The van der Waals surface area contributed by atoms with Crippen LogP contribution in [0.25, 0.3) is 0 Å². The van der Waals surface area contributed by atoms with E-state index in [1.165, 1.54) is 11.1 Å². The average molecular weight is 547 g/mol. The van der Waals surface area contributed by atoms with Crippen LogP contribution in [0.3, 0.4) is 0 Å². The van der Waals surface area contributed by atoms with Gasteiger partial charge in [0.05, 0.1) is 27.4 Å². The Morgan fingerprint density at radius 3 is 2.58 bits per heavy atom. The topological polar surface area (TPSA) is 69.3 Å². The maximum atomic E-state index is 13.1. The van der Waals surface area contributed by atoms with Crippen molar-refractivity contribution in [2.45, 2.75) is 39.8 Å². The largest absolute Gasteiger partial charge is 0.493 e. The summed E-state index contributed by atoms with van der Waals surface area (Å²) < 4.78 is 22.7. The van der Waals surface area contributed by atoms with Gasteiger partial charge in [-0.1, -0.05) is 44.2 Å². The number of carbonyl (C=O) groups excluding carboxylic acids is 1. The number of fused-ring (bicyclic) bond motifs is 3. The standard InChI is InChI=1S/C33H42N2O5/c1-24(2)12-13-35-14-15-39-16-17-40-30-11-9-28(21-29(30)19-25-6-5-7-27(18-25)23-35)33(36)34-22-26-8-10-31(37-3)32(20-26)38-4/h5-11,18,20-21,24H,12-17,19,22-23H2,1-4H3,(H,34,36). The van der Waals surface area contributed by atoms with Gasteiger partial charge in [-0.2, -0.15) is 0 Å². The van der Waals surface area contributed by atoms with E-state index in [1.54, 1.807) is 14.2 Å². The molecule has 7 heteroatoms. The highest BCUT2D eigenvalue weighted by atomic mass is 16.5. The van der Waals surface area contributed by atoms with Crippen molar-refractivity contribution >= 4 is 5.91 Å². The minimum absolute atomic E-state index is 0.144. The predicted molar refractivity (Wildman–Crippen MR) is 157 cm³/mol. The zero-order valence-electron chi connectivity index (χ0n) is 24.2. The van der Waals surface area contributed by atoms with E-state index >= 15 is 0 Å². The second-order valence-electron chi connectivity index (χ2n) is 10.6. The molecular weight excluding hydrogens is 504 g/mol. The smallest absolute Gasteiger partial charge is 0.251 e. The first-order valence-electron chi connectivity index (χ1n) is 14.1. The Morgan fingerprint density at radius 2 is 1.77 bits per heavy atom. The molecule has 0 unspecified atom stereocenters. The van der Waals surface area contributed by atoms with Crippen LogP contribution in [0.15, 0.2) is 60.7 Å². The monoisotopic (exact) mass is 546 g/mol. The third-order valence-corrected chi connectivity index (χ3v) is 7.08.